The lowest BCUT2D eigenvalue weighted by atomic mass is 9.90. The molecule has 2 aliphatic heterocycles. The molecular formula is C46H57N5O5SSi. The zero-order chi connectivity index (χ0) is 41.0. The Hall–Kier alpha value is -4.62. The molecular weight excluding hydrogens is 763 g/mol. The Morgan fingerprint density at radius 2 is 1.59 bits per heavy atom. The third-order valence-corrected chi connectivity index (χ3v) is 18.0. The Labute approximate surface area is 347 Å². The second-order valence-electron chi connectivity index (χ2n) is 17.0. The Balaban J connectivity index is 1.16. The maximum Gasteiger partial charge on any atom is 0.261 e. The highest BCUT2D eigenvalue weighted by molar-refractivity contribution is 7.13. The number of carbonyl (C=O) groups excluding carboxylic acids is 2. The second kappa shape index (κ2) is 17.7. The van der Waals surface area contributed by atoms with Crippen molar-refractivity contribution in [2.45, 2.75) is 96.4 Å². The number of rotatable bonds is 13. The number of nitrogens with one attached hydrogen (secondary N) is 1. The van der Waals surface area contributed by atoms with Crippen molar-refractivity contribution in [2.24, 2.45) is 5.92 Å². The highest BCUT2D eigenvalue weighted by Gasteiger charge is 2.51. The predicted molar refractivity (Wildman–Crippen MR) is 233 cm³/mol. The minimum atomic E-state index is -2.93. The van der Waals surface area contributed by atoms with Crippen LogP contribution in [0.25, 0.3) is 10.4 Å². The molecule has 2 unspecified atom stereocenters. The van der Waals surface area contributed by atoms with Crippen molar-refractivity contribution in [3.8, 4) is 10.4 Å². The lowest BCUT2D eigenvalue weighted by molar-refractivity contribution is -0.141. The Kier molecular flexibility index (Phi) is 12.7. The van der Waals surface area contributed by atoms with Gasteiger partial charge in [0, 0.05) is 32.3 Å². The van der Waals surface area contributed by atoms with Crippen LogP contribution in [-0.2, 0) is 14.0 Å². The van der Waals surface area contributed by atoms with Gasteiger partial charge in [0.2, 0.25) is 11.8 Å². The number of aliphatic hydroxyl groups is 1. The standard InChI is InChI=1S/C46H57N5O5SSi/c1-31(29-55-58(46(4,5)6,37-14-9-7-10-15-37)38-16-11-8-12-17-38)42(40-28-41(49-56-40)50-26-23-36(52)24-27-50)45(54)51-25-13-18-39(51)44(53)48-32(2)34-19-21-35(22-20-34)43-33(3)47-30-57-43/h7-12,14-17,19-22,28,30-32,36,39,42,52H,13,18,23-27,29H2,1-6H3,(H,48,53)/t31?,32-,39?,42-/m0/s1. The number of thiazole rings is 1. The predicted octanol–water partition coefficient (Wildman–Crippen LogP) is 7.23. The van der Waals surface area contributed by atoms with Gasteiger partial charge in [0.15, 0.2) is 11.6 Å². The van der Waals surface area contributed by atoms with E-state index < -0.39 is 20.3 Å². The lowest BCUT2D eigenvalue weighted by Gasteiger charge is -2.44. The maximum atomic E-state index is 15.1. The number of amides is 2. The normalized spacial score (nSPS) is 18.2. The van der Waals surface area contributed by atoms with Gasteiger partial charge < -0.3 is 29.2 Å². The van der Waals surface area contributed by atoms with E-state index in [0.717, 1.165) is 38.5 Å². The first-order chi connectivity index (χ1) is 27.9. The summed E-state index contributed by atoms with van der Waals surface area (Å²) in [5.74, 6) is -0.294. The molecule has 10 nitrogen and oxygen atoms in total. The number of likely N-dealkylation sites (tertiary alicyclic amines) is 1. The fourth-order valence-electron chi connectivity index (χ4n) is 8.81. The van der Waals surface area contributed by atoms with Crippen LogP contribution < -0.4 is 20.6 Å². The molecule has 306 valence electrons. The highest BCUT2D eigenvalue weighted by atomic mass is 32.1. The molecule has 0 radical (unpaired) electrons. The van der Waals surface area contributed by atoms with Gasteiger partial charge in [-0.3, -0.25) is 9.59 Å². The number of benzene rings is 3. The summed E-state index contributed by atoms with van der Waals surface area (Å²) in [5.41, 5.74) is 4.94. The van der Waals surface area contributed by atoms with Gasteiger partial charge in [-0.15, -0.1) is 11.3 Å². The number of anilines is 1. The average molecular weight is 820 g/mol. The van der Waals surface area contributed by atoms with Crippen molar-refractivity contribution in [3.05, 3.63) is 114 Å². The molecule has 0 aliphatic carbocycles. The van der Waals surface area contributed by atoms with Gasteiger partial charge in [-0.25, -0.2) is 4.98 Å². The molecule has 2 N–H and O–H groups in total. The van der Waals surface area contributed by atoms with E-state index in [1.165, 1.54) is 0 Å². The monoisotopic (exact) mass is 819 g/mol. The minimum absolute atomic E-state index is 0.162. The molecule has 0 saturated carbocycles. The van der Waals surface area contributed by atoms with Crippen molar-refractivity contribution < 1.29 is 23.6 Å². The van der Waals surface area contributed by atoms with Crippen LogP contribution in [0.5, 0.6) is 0 Å². The molecule has 2 saturated heterocycles. The molecule has 4 heterocycles. The van der Waals surface area contributed by atoms with E-state index >= 15 is 4.79 Å². The zero-order valence-electron chi connectivity index (χ0n) is 34.6. The quantitative estimate of drug-likeness (QED) is 0.120. The summed E-state index contributed by atoms with van der Waals surface area (Å²) < 4.78 is 13.5. The smallest absolute Gasteiger partial charge is 0.261 e. The van der Waals surface area contributed by atoms with Crippen molar-refractivity contribution in [3.63, 3.8) is 0 Å². The number of nitrogens with zero attached hydrogens (tertiary/aromatic N) is 4. The van der Waals surface area contributed by atoms with Gasteiger partial charge in [-0.1, -0.05) is 118 Å². The molecule has 2 fully saturated rings. The molecule has 0 bridgehead atoms. The van der Waals surface area contributed by atoms with Crippen LogP contribution in [0.3, 0.4) is 0 Å². The van der Waals surface area contributed by atoms with Gasteiger partial charge in [-0.05, 0) is 72.0 Å². The molecule has 0 spiro atoms. The van der Waals surface area contributed by atoms with Gasteiger partial charge in [0.25, 0.3) is 8.32 Å². The summed E-state index contributed by atoms with van der Waals surface area (Å²) in [6, 6.07) is 30.2. The van der Waals surface area contributed by atoms with Crippen LogP contribution in [0, 0.1) is 12.8 Å². The van der Waals surface area contributed by atoms with Crippen LogP contribution in [0.2, 0.25) is 5.04 Å². The van der Waals surface area contributed by atoms with E-state index in [4.69, 9.17) is 8.95 Å². The Morgan fingerprint density at radius 1 is 0.948 bits per heavy atom. The van der Waals surface area contributed by atoms with Crippen LogP contribution >= 0.6 is 11.3 Å². The van der Waals surface area contributed by atoms with Gasteiger partial charge >= 0.3 is 0 Å². The maximum absolute atomic E-state index is 15.1. The zero-order valence-corrected chi connectivity index (χ0v) is 36.4. The van der Waals surface area contributed by atoms with Crippen LogP contribution in [0.1, 0.15) is 89.3 Å². The molecule has 5 aromatic rings. The fourth-order valence-corrected chi connectivity index (χ4v) is 14.3. The fraction of sp³-hybridized carbons (Fsp3) is 0.435. The van der Waals surface area contributed by atoms with Crippen molar-refractivity contribution in [1.82, 2.24) is 20.4 Å². The molecule has 12 heteroatoms. The SMILES string of the molecule is Cc1ncsc1-c1ccc([C@H](C)NC(=O)C2CCCN2C(=O)[C@H](c2cc(N3CCC(O)CC3)no2)C(C)CO[Si](c2ccccc2)(c2ccccc2)C(C)(C)C)cc1. The molecule has 4 atom stereocenters. The van der Waals surface area contributed by atoms with Crippen LogP contribution in [0.15, 0.2) is 101 Å². The van der Waals surface area contributed by atoms with E-state index in [2.05, 4.69) is 102 Å². The van der Waals surface area contributed by atoms with E-state index in [0.29, 0.717) is 50.5 Å². The summed E-state index contributed by atoms with van der Waals surface area (Å²) in [7, 11) is -2.93. The number of hydrogen-bond donors (Lipinski definition) is 2. The number of aromatic nitrogens is 2. The first kappa shape index (κ1) is 41.5. The number of hydrogen-bond acceptors (Lipinski definition) is 9. The van der Waals surface area contributed by atoms with E-state index in [1.54, 1.807) is 16.2 Å². The molecule has 2 aliphatic rings. The molecule has 7 rings (SSSR count). The van der Waals surface area contributed by atoms with E-state index in [9.17, 15) is 9.90 Å². The number of aryl methyl sites for hydroxylation is 1. The number of aliphatic hydroxyl groups excluding tert-OH is 1. The molecule has 58 heavy (non-hydrogen) atoms. The van der Waals surface area contributed by atoms with Crippen molar-refractivity contribution >= 4 is 47.7 Å². The number of piperidine rings is 1. The average Bonchev–Trinajstić information content (AvgIpc) is 4.01. The number of carbonyl (C=O) groups is 2. The van der Waals surface area contributed by atoms with Crippen molar-refractivity contribution in [1.29, 1.82) is 0 Å². The Morgan fingerprint density at radius 3 is 2.17 bits per heavy atom. The van der Waals surface area contributed by atoms with E-state index in [-0.39, 0.29) is 41.5 Å². The van der Waals surface area contributed by atoms with Crippen molar-refractivity contribution in [2.75, 3.05) is 31.1 Å². The minimum Gasteiger partial charge on any atom is -0.407 e. The van der Waals surface area contributed by atoms with E-state index in [1.807, 2.05) is 56.6 Å². The third-order valence-electron chi connectivity index (χ3n) is 12.0. The molecule has 3 aromatic carbocycles. The van der Waals surface area contributed by atoms with Gasteiger partial charge in [-0.2, -0.15) is 0 Å². The van der Waals surface area contributed by atoms with Crippen LogP contribution in [0.4, 0.5) is 5.82 Å². The lowest BCUT2D eigenvalue weighted by Crippen LogP contribution is -2.67. The summed E-state index contributed by atoms with van der Waals surface area (Å²) in [6.07, 6.45) is 2.26. The highest BCUT2D eigenvalue weighted by Crippen LogP contribution is 2.39. The molecule has 2 amide bonds. The first-order valence-corrected chi connectivity index (χ1v) is 23.4. The van der Waals surface area contributed by atoms with Gasteiger partial charge in [0.1, 0.15) is 12.0 Å². The summed E-state index contributed by atoms with van der Waals surface area (Å²) in [4.78, 5) is 38.6. The molecule has 2 aromatic heterocycles. The van der Waals surface area contributed by atoms with Crippen LogP contribution in [-0.4, -0.2) is 78.7 Å². The summed E-state index contributed by atoms with van der Waals surface area (Å²) in [5, 5.41) is 19.9. The van der Waals surface area contributed by atoms with Gasteiger partial charge in [0.05, 0.1) is 28.2 Å². The second-order valence-corrected chi connectivity index (χ2v) is 22.2. The summed E-state index contributed by atoms with van der Waals surface area (Å²) in [6.45, 7) is 14.8. The first-order valence-electron chi connectivity index (χ1n) is 20.6. The topological polar surface area (TPSA) is 121 Å². The largest absolute Gasteiger partial charge is 0.407 e. The summed E-state index contributed by atoms with van der Waals surface area (Å²) >= 11 is 1.61. The Bertz CT molecular complexity index is 2090. The third kappa shape index (κ3) is 8.57.